The minimum absolute atomic E-state index is 0.601. The quantitative estimate of drug-likeness (QED) is 0.586. The summed E-state index contributed by atoms with van der Waals surface area (Å²) in [5.41, 5.74) is 0. The molecule has 66 valence electrons. The molecule has 2 heterocycles. The molecule has 1 aliphatic rings. The third kappa shape index (κ3) is 1.14. The lowest BCUT2D eigenvalue weighted by Crippen LogP contribution is -2.45. The molecule has 2 N–H and O–H groups in total. The first-order valence-electron chi connectivity index (χ1n) is 4.57. The molecule has 0 aliphatic carbocycles. The first-order chi connectivity index (χ1) is 5.79. The lowest BCUT2D eigenvalue weighted by molar-refractivity contribution is -0.727. The van der Waals surface area contributed by atoms with E-state index in [4.69, 9.17) is 0 Å². The fourth-order valence-electron chi connectivity index (χ4n) is 2.01. The van der Waals surface area contributed by atoms with E-state index in [1.807, 2.05) is 6.20 Å². The standard InChI is InChI=1S/C9H15N3/c1-7-9(3-4-10-7)12-6-5-11-8(12)2/h5-7,9-10H,3-4H2,1-2H3/p+1. The van der Waals surface area contributed by atoms with Crippen molar-refractivity contribution in [2.24, 2.45) is 0 Å². The van der Waals surface area contributed by atoms with Crippen LogP contribution in [0.5, 0.6) is 0 Å². The molecule has 0 radical (unpaired) electrons. The summed E-state index contributed by atoms with van der Waals surface area (Å²) in [7, 11) is 0. The molecule has 1 fully saturated rings. The molecule has 0 amide bonds. The summed E-state index contributed by atoms with van der Waals surface area (Å²) in [5.74, 6) is 1.25. The van der Waals surface area contributed by atoms with Gasteiger partial charge in [-0.05, 0) is 13.5 Å². The molecular weight excluding hydrogens is 150 g/mol. The Morgan fingerprint density at radius 3 is 2.92 bits per heavy atom. The van der Waals surface area contributed by atoms with Crippen molar-refractivity contribution in [2.75, 3.05) is 6.54 Å². The molecule has 0 spiro atoms. The van der Waals surface area contributed by atoms with Crippen LogP contribution in [0.2, 0.25) is 0 Å². The Kier molecular flexibility index (Phi) is 1.89. The van der Waals surface area contributed by atoms with E-state index < -0.39 is 0 Å². The first-order valence-corrected chi connectivity index (χ1v) is 4.57. The highest BCUT2D eigenvalue weighted by Gasteiger charge is 2.29. The van der Waals surface area contributed by atoms with E-state index in [2.05, 4.69) is 34.9 Å². The van der Waals surface area contributed by atoms with Gasteiger partial charge in [0, 0.05) is 19.4 Å². The number of imidazole rings is 1. The van der Waals surface area contributed by atoms with Gasteiger partial charge in [0.2, 0.25) is 0 Å². The lowest BCUT2D eigenvalue weighted by atomic mass is 10.1. The van der Waals surface area contributed by atoms with Gasteiger partial charge < -0.3 is 5.32 Å². The highest BCUT2D eigenvalue weighted by molar-refractivity contribution is 4.80. The molecule has 0 aromatic carbocycles. The summed E-state index contributed by atoms with van der Waals surface area (Å²) >= 11 is 0. The molecular formula is C9H16N3+. The lowest BCUT2D eigenvalue weighted by Gasteiger charge is -2.11. The Morgan fingerprint density at radius 2 is 2.42 bits per heavy atom. The van der Waals surface area contributed by atoms with Crippen molar-refractivity contribution >= 4 is 0 Å². The number of hydrogen-bond acceptors (Lipinski definition) is 1. The summed E-state index contributed by atoms with van der Waals surface area (Å²) in [6, 6.07) is 1.24. The van der Waals surface area contributed by atoms with E-state index in [-0.39, 0.29) is 0 Å². The van der Waals surface area contributed by atoms with Gasteiger partial charge in [-0.15, -0.1) is 0 Å². The number of nitrogens with one attached hydrogen (secondary N) is 2. The van der Waals surface area contributed by atoms with E-state index in [0.717, 1.165) is 6.54 Å². The predicted molar refractivity (Wildman–Crippen MR) is 46.8 cm³/mol. The Labute approximate surface area is 72.8 Å². The third-order valence-electron chi connectivity index (χ3n) is 2.76. The van der Waals surface area contributed by atoms with Gasteiger partial charge in [0.15, 0.2) is 0 Å². The van der Waals surface area contributed by atoms with Crippen LogP contribution in [-0.4, -0.2) is 17.6 Å². The smallest absolute Gasteiger partial charge is 0.251 e. The average Bonchev–Trinajstić information content (AvgIpc) is 2.59. The number of aromatic amines is 1. The summed E-state index contributed by atoms with van der Waals surface area (Å²) in [4.78, 5) is 3.20. The van der Waals surface area contributed by atoms with E-state index in [9.17, 15) is 0 Å². The number of nitrogens with zero attached hydrogens (tertiary/aromatic N) is 1. The molecule has 0 saturated carbocycles. The highest BCUT2D eigenvalue weighted by atomic mass is 15.1. The second-order valence-electron chi connectivity index (χ2n) is 3.55. The van der Waals surface area contributed by atoms with E-state index in [1.54, 1.807) is 0 Å². The van der Waals surface area contributed by atoms with E-state index in [0.29, 0.717) is 12.1 Å². The predicted octanol–water partition coefficient (Wildman–Crippen LogP) is 0.534. The first kappa shape index (κ1) is 7.80. The minimum Gasteiger partial charge on any atom is -0.310 e. The fraction of sp³-hybridized carbons (Fsp3) is 0.667. The molecule has 2 atom stereocenters. The number of H-pyrrole nitrogens is 1. The van der Waals surface area contributed by atoms with Gasteiger partial charge >= 0.3 is 0 Å². The molecule has 3 heteroatoms. The second kappa shape index (κ2) is 2.90. The fourth-order valence-corrected chi connectivity index (χ4v) is 2.01. The Bertz CT molecular complexity index is 266. The third-order valence-corrected chi connectivity index (χ3v) is 2.76. The van der Waals surface area contributed by atoms with Crippen LogP contribution in [0.4, 0.5) is 0 Å². The summed E-state index contributed by atoms with van der Waals surface area (Å²) in [6.07, 6.45) is 5.37. The normalized spacial score (nSPS) is 29.5. The second-order valence-corrected chi connectivity index (χ2v) is 3.55. The summed E-state index contributed by atoms with van der Waals surface area (Å²) in [5, 5.41) is 3.45. The largest absolute Gasteiger partial charge is 0.310 e. The number of rotatable bonds is 1. The molecule has 1 saturated heterocycles. The van der Waals surface area contributed by atoms with Crippen LogP contribution in [-0.2, 0) is 0 Å². The zero-order chi connectivity index (χ0) is 8.55. The van der Waals surface area contributed by atoms with Gasteiger partial charge in [0.25, 0.3) is 5.82 Å². The van der Waals surface area contributed by atoms with Gasteiger partial charge in [-0.25, -0.2) is 9.55 Å². The SMILES string of the molecule is Cc1[nH]cc[n+]1C1CCNC1C. The maximum atomic E-state index is 3.45. The van der Waals surface area contributed by atoms with Crippen molar-refractivity contribution in [3.63, 3.8) is 0 Å². The molecule has 3 nitrogen and oxygen atoms in total. The molecule has 1 aliphatic heterocycles. The minimum atomic E-state index is 0.601. The highest BCUT2D eigenvalue weighted by Crippen LogP contribution is 2.14. The molecule has 2 rings (SSSR count). The zero-order valence-corrected chi connectivity index (χ0v) is 7.67. The maximum absolute atomic E-state index is 3.45. The van der Waals surface area contributed by atoms with E-state index in [1.165, 1.54) is 12.2 Å². The number of aryl methyl sites for hydroxylation is 1. The molecule has 1 aromatic rings. The van der Waals surface area contributed by atoms with Crippen LogP contribution in [0.15, 0.2) is 12.4 Å². The van der Waals surface area contributed by atoms with Crippen LogP contribution >= 0.6 is 0 Å². The van der Waals surface area contributed by atoms with Crippen LogP contribution < -0.4 is 9.88 Å². The molecule has 2 unspecified atom stereocenters. The van der Waals surface area contributed by atoms with Crippen molar-refractivity contribution < 1.29 is 4.57 Å². The van der Waals surface area contributed by atoms with Gasteiger partial charge in [-0.1, -0.05) is 0 Å². The molecule has 0 bridgehead atoms. The molecule has 1 aromatic heterocycles. The van der Waals surface area contributed by atoms with Crippen molar-refractivity contribution in [3.8, 4) is 0 Å². The van der Waals surface area contributed by atoms with Crippen LogP contribution in [0.1, 0.15) is 25.2 Å². The maximum Gasteiger partial charge on any atom is 0.251 e. The van der Waals surface area contributed by atoms with Gasteiger partial charge in [-0.3, -0.25) is 0 Å². The van der Waals surface area contributed by atoms with Crippen LogP contribution in [0, 0.1) is 6.92 Å². The Morgan fingerprint density at radius 1 is 1.58 bits per heavy atom. The van der Waals surface area contributed by atoms with Crippen LogP contribution in [0.3, 0.4) is 0 Å². The monoisotopic (exact) mass is 166 g/mol. The van der Waals surface area contributed by atoms with Crippen LogP contribution in [0.25, 0.3) is 0 Å². The Hall–Kier alpha value is -0.830. The van der Waals surface area contributed by atoms with Crippen molar-refractivity contribution in [3.05, 3.63) is 18.2 Å². The zero-order valence-electron chi connectivity index (χ0n) is 7.67. The number of aromatic nitrogens is 2. The van der Waals surface area contributed by atoms with Gasteiger partial charge in [0.1, 0.15) is 18.4 Å². The average molecular weight is 166 g/mol. The number of hydrogen-bond donors (Lipinski definition) is 2. The van der Waals surface area contributed by atoms with Crippen molar-refractivity contribution in [2.45, 2.75) is 32.4 Å². The van der Waals surface area contributed by atoms with Crippen molar-refractivity contribution in [1.29, 1.82) is 0 Å². The van der Waals surface area contributed by atoms with E-state index >= 15 is 0 Å². The summed E-state index contributed by atoms with van der Waals surface area (Å²) in [6.45, 7) is 5.51. The Balaban J connectivity index is 2.24. The topological polar surface area (TPSA) is 31.7 Å². The summed E-state index contributed by atoms with van der Waals surface area (Å²) < 4.78 is 2.32. The van der Waals surface area contributed by atoms with Gasteiger partial charge in [0.05, 0.1) is 0 Å². The van der Waals surface area contributed by atoms with Gasteiger partial charge in [-0.2, -0.15) is 0 Å². The molecule has 12 heavy (non-hydrogen) atoms. The van der Waals surface area contributed by atoms with Crippen molar-refractivity contribution in [1.82, 2.24) is 10.3 Å².